The van der Waals surface area contributed by atoms with Crippen molar-refractivity contribution in [1.29, 1.82) is 0 Å². The molecule has 0 bridgehead atoms. The molecule has 1 aromatic carbocycles. The topological polar surface area (TPSA) is 92.3 Å². The van der Waals surface area contributed by atoms with E-state index in [-0.39, 0.29) is 11.7 Å². The number of fused-ring (bicyclic) bond motifs is 2. The zero-order valence-electron chi connectivity index (χ0n) is 15.1. The van der Waals surface area contributed by atoms with Crippen molar-refractivity contribution in [3.05, 3.63) is 53.5 Å². The number of nitrogens with one attached hydrogen (secondary N) is 1. The highest BCUT2D eigenvalue weighted by atomic mass is 32.2. The summed E-state index contributed by atoms with van der Waals surface area (Å²) in [6.45, 7) is 1.83. The number of anilines is 1. The minimum atomic E-state index is -3.30. The highest BCUT2D eigenvalue weighted by Crippen LogP contribution is 2.36. The first-order chi connectivity index (χ1) is 12.8. The normalized spacial score (nSPS) is 15.0. The summed E-state index contributed by atoms with van der Waals surface area (Å²) in [7, 11) is -0.180. The van der Waals surface area contributed by atoms with E-state index in [1.165, 1.54) is 4.31 Å². The molecule has 2 aromatic heterocycles. The molecule has 3 aromatic rings. The van der Waals surface area contributed by atoms with Crippen LogP contribution in [0.25, 0.3) is 22.0 Å². The van der Waals surface area contributed by atoms with Crippen molar-refractivity contribution in [2.45, 2.75) is 12.7 Å². The smallest absolute Gasteiger partial charge is 0.269 e. The number of carbonyl (C=O) groups is 1. The van der Waals surface area contributed by atoms with Crippen molar-refractivity contribution >= 4 is 32.5 Å². The van der Waals surface area contributed by atoms with Gasteiger partial charge in [0.05, 0.1) is 17.0 Å². The highest BCUT2D eigenvalue weighted by Gasteiger charge is 2.30. The summed E-state index contributed by atoms with van der Waals surface area (Å²) in [6.07, 6.45) is 3.39. The third kappa shape index (κ3) is 2.73. The van der Waals surface area contributed by atoms with Gasteiger partial charge in [0.2, 0.25) is 10.0 Å². The van der Waals surface area contributed by atoms with Crippen LogP contribution in [-0.4, -0.2) is 38.4 Å². The van der Waals surface area contributed by atoms with E-state index in [0.717, 1.165) is 27.6 Å². The number of nitrogens with zero attached hydrogens (tertiary/aromatic N) is 3. The summed E-state index contributed by atoms with van der Waals surface area (Å²) in [5.41, 5.74) is 4.78. The number of hydrogen-bond acceptors (Lipinski definition) is 5. The predicted octanol–water partition coefficient (Wildman–Crippen LogP) is 2.24. The van der Waals surface area contributed by atoms with E-state index in [1.807, 2.05) is 25.1 Å². The molecule has 0 spiro atoms. The van der Waals surface area contributed by atoms with Crippen LogP contribution in [0.2, 0.25) is 0 Å². The van der Waals surface area contributed by atoms with E-state index in [0.29, 0.717) is 16.9 Å². The van der Waals surface area contributed by atoms with Gasteiger partial charge in [0.25, 0.3) is 5.91 Å². The van der Waals surface area contributed by atoms with Crippen molar-refractivity contribution < 1.29 is 13.2 Å². The molecular weight excluding hydrogens is 364 g/mol. The van der Waals surface area contributed by atoms with Gasteiger partial charge in [-0.15, -0.1) is 0 Å². The molecule has 0 aliphatic carbocycles. The minimum absolute atomic E-state index is 0.0269. The second-order valence-electron chi connectivity index (χ2n) is 6.56. The maximum Gasteiger partial charge on any atom is 0.269 e. The number of aryl methyl sites for hydroxylation is 1. The number of aromatic nitrogens is 2. The van der Waals surface area contributed by atoms with Crippen LogP contribution in [0.1, 0.15) is 21.6 Å². The molecule has 4 rings (SSSR count). The highest BCUT2D eigenvalue weighted by molar-refractivity contribution is 7.92. The lowest BCUT2D eigenvalue weighted by atomic mass is 10.0. The van der Waals surface area contributed by atoms with Gasteiger partial charge in [0, 0.05) is 37.4 Å². The van der Waals surface area contributed by atoms with Gasteiger partial charge in [0.1, 0.15) is 5.69 Å². The third-order valence-corrected chi connectivity index (χ3v) is 6.55. The molecule has 1 amide bonds. The maximum atomic E-state index is 12.1. The van der Waals surface area contributed by atoms with Crippen LogP contribution >= 0.6 is 0 Å². The number of pyridine rings is 2. The van der Waals surface area contributed by atoms with Gasteiger partial charge >= 0.3 is 0 Å². The molecule has 7 nitrogen and oxygen atoms in total. The number of amides is 1. The Hall–Kier alpha value is -3.00. The number of sulfonamides is 1. The van der Waals surface area contributed by atoms with Crippen LogP contribution in [-0.2, 0) is 15.8 Å². The van der Waals surface area contributed by atoms with Gasteiger partial charge in [-0.2, -0.15) is 0 Å². The molecule has 1 aliphatic rings. The zero-order chi connectivity index (χ0) is 19.3. The quantitative estimate of drug-likeness (QED) is 0.734. The van der Waals surface area contributed by atoms with Crippen molar-refractivity contribution in [3.63, 3.8) is 0 Å². The number of hydrogen-bond donors (Lipinski definition) is 1. The first-order valence-electron chi connectivity index (χ1n) is 8.39. The molecule has 1 N–H and O–H groups in total. The van der Waals surface area contributed by atoms with E-state index < -0.39 is 10.0 Å². The minimum Gasteiger partial charge on any atom is -0.354 e. The number of rotatable bonds is 2. The molecule has 0 radical (unpaired) electrons. The van der Waals surface area contributed by atoms with E-state index in [2.05, 4.69) is 15.3 Å². The standard InChI is InChI=1S/C19H18N4O3S/c1-11-6-13-8-21-9-15(18(13)22-17(11)19(24)20-2)12-4-5-16-14(7-12)10-27(25,26)23(16)3/h4-9H,10H2,1-3H3,(H,20,24). The van der Waals surface area contributed by atoms with Crippen LogP contribution in [0.4, 0.5) is 5.69 Å². The number of carbonyl (C=O) groups excluding carboxylic acids is 1. The summed E-state index contributed by atoms with van der Waals surface area (Å²) in [5.74, 6) is -0.278. The molecule has 27 heavy (non-hydrogen) atoms. The fourth-order valence-electron chi connectivity index (χ4n) is 3.38. The molecule has 0 saturated heterocycles. The fraction of sp³-hybridized carbons (Fsp3) is 0.211. The zero-order valence-corrected chi connectivity index (χ0v) is 16.0. The predicted molar refractivity (Wildman–Crippen MR) is 104 cm³/mol. The molecule has 3 heterocycles. The Labute approximate surface area is 157 Å². The Morgan fingerprint density at radius 2 is 2.00 bits per heavy atom. The molecule has 0 saturated carbocycles. The number of benzene rings is 1. The lowest BCUT2D eigenvalue weighted by molar-refractivity contribution is 0.0958. The Morgan fingerprint density at radius 1 is 1.22 bits per heavy atom. The maximum absolute atomic E-state index is 12.1. The SMILES string of the molecule is CNC(=O)c1nc2c(-c3ccc4c(c3)CS(=O)(=O)N4C)cncc2cc1C. The summed E-state index contributed by atoms with van der Waals surface area (Å²) in [4.78, 5) is 21.0. The molecule has 138 valence electrons. The van der Waals surface area contributed by atoms with Crippen LogP contribution < -0.4 is 9.62 Å². The van der Waals surface area contributed by atoms with Crippen LogP contribution in [0.3, 0.4) is 0 Å². The van der Waals surface area contributed by atoms with Crippen molar-refractivity contribution in [2.75, 3.05) is 18.4 Å². The molecule has 1 aliphatic heterocycles. The Balaban J connectivity index is 1.92. The van der Waals surface area contributed by atoms with Crippen LogP contribution in [0, 0.1) is 6.92 Å². The van der Waals surface area contributed by atoms with Gasteiger partial charge in [-0.1, -0.05) is 6.07 Å². The second kappa shape index (κ2) is 6.02. The van der Waals surface area contributed by atoms with Crippen molar-refractivity contribution in [3.8, 4) is 11.1 Å². The van der Waals surface area contributed by atoms with Crippen LogP contribution in [0.5, 0.6) is 0 Å². The third-order valence-electron chi connectivity index (χ3n) is 4.84. The monoisotopic (exact) mass is 382 g/mol. The van der Waals surface area contributed by atoms with E-state index in [4.69, 9.17) is 0 Å². The lowest BCUT2D eigenvalue weighted by Gasteiger charge is -2.12. The molecule has 8 heteroatoms. The van der Waals surface area contributed by atoms with Gasteiger partial charge < -0.3 is 5.32 Å². The summed E-state index contributed by atoms with van der Waals surface area (Å²) in [6, 6.07) is 7.39. The van der Waals surface area contributed by atoms with E-state index in [9.17, 15) is 13.2 Å². The first-order valence-corrected chi connectivity index (χ1v) is 10.00. The summed E-state index contributed by atoms with van der Waals surface area (Å²) < 4.78 is 25.6. The molecule has 0 atom stereocenters. The average molecular weight is 382 g/mol. The van der Waals surface area contributed by atoms with E-state index in [1.54, 1.807) is 32.6 Å². The second-order valence-corrected chi connectivity index (χ2v) is 8.56. The molecule has 0 unspecified atom stereocenters. The van der Waals surface area contributed by atoms with Gasteiger partial charge in [-0.25, -0.2) is 13.4 Å². The average Bonchev–Trinajstić information content (AvgIpc) is 2.88. The van der Waals surface area contributed by atoms with Gasteiger partial charge in [-0.3, -0.25) is 14.1 Å². The van der Waals surface area contributed by atoms with Gasteiger partial charge in [-0.05, 0) is 41.8 Å². The summed E-state index contributed by atoms with van der Waals surface area (Å²) >= 11 is 0. The molecule has 0 fully saturated rings. The molecular formula is C19H18N4O3S. The van der Waals surface area contributed by atoms with E-state index >= 15 is 0 Å². The van der Waals surface area contributed by atoms with Gasteiger partial charge in [0.15, 0.2) is 0 Å². The van der Waals surface area contributed by atoms with Crippen molar-refractivity contribution in [1.82, 2.24) is 15.3 Å². The Bertz CT molecular complexity index is 1210. The summed E-state index contributed by atoms with van der Waals surface area (Å²) in [5, 5.41) is 3.43. The lowest BCUT2D eigenvalue weighted by Crippen LogP contribution is -2.20. The fourth-order valence-corrected chi connectivity index (χ4v) is 4.68. The first kappa shape index (κ1) is 17.4. The largest absolute Gasteiger partial charge is 0.354 e. The Morgan fingerprint density at radius 3 is 2.74 bits per heavy atom. The Kier molecular flexibility index (Phi) is 3.88. The van der Waals surface area contributed by atoms with Crippen LogP contribution in [0.15, 0.2) is 36.7 Å². The van der Waals surface area contributed by atoms with Crippen molar-refractivity contribution in [2.24, 2.45) is 0 Å².